The number of ether oxygens (including phenoxy) is 1. The van der Waals surface area contributed by atoms with Crippen LogP contribution in [0.25, 0.3) is 0 Å². The quantitative estimate of drug-likeness (QED) is 0.853. The lowest BCUT2D eigenvalue weighted by atomic mass is 10.3. The minimum Gasteiger partial charge on any atom is -0.467 e. The van der Waals surface area contributed by atoms with E-state index in [0.717, 1.165) is 0 Å². The standard InChI is InChI=1S/C11H14N6O2/c1-7-10(8(2)15-11(14-7)19-3)16-9(18)4-17-6-12-5-13-17/h5-6H,4H2,1-3H3,(H,16,18). The third-order valence-electron chi connectivity index (χ3n) is 2.47. The number of rotatable bonds is 4. The first-order valence-corrected chi connectivity index (χ1v) is 5.61. The Bertz CT molecular complexity index is 558. The highest BCUT2D eigenvalue weighted by Gasteiger charge is 2.12. The van der Waals surface area contributed by atoms with Gasteiger partial charge in [0.2, 0.25) is 5.91 Å². The lowest BCUT2D eigenvalue weighted by molar-refractivity contribution is -0.116. The third kappa shape index (κ3) is 3.03. The minimum absolute atomic E-state index is 0.0882. The minimum atomic E-state index is -0.217. The molecule has 2 rings (SSSR count). The molecule has 0 radical (unpaired) electrons. The Morgan fingerprint density at radius 2 is 2.05 bits per heavy atom. The molecule has 2 aromatic heterocycles. The number of anilines is 1. The normalized spacial score (nSPS) is 10.3. The number of methoxy groups -OCH3 is 1. The average Bonchev–Trinajstić information content (AvgIpc) is 2.86. The number of nitrogens with one attached hydrogen (secondary N) is 1. The fraction of sp³-hybridized carbons (Fsp3) is 0.364. The first kappa shape index (κ1) is 12.9. The number of hydrogen-bond donors (Lipinski definition) is 1. The number of nitrogens with zero attached hydrogens (tertiary/aromatic N) is 5. The zero-order valence-corrected chi connectivity index (χ0v) is 10.9. The molecule has 100 valence electrons. The Morgan fingerprint density at radius 1 is 1.37 bits per heavy atom. The highest BCUT2D eigenvalue weighted by Crippen LogP contribution is 2.19. The summed E-state index contributed by atoms with van der Waals surface area (Å²) in [5, 5.41) is 6.62. The number of carbonyl (C=O) groups excluding carboxylic acids is 1. The second-order valence-electron chi connectivity index (χ2n) is 3.90. The van der Waals surface area contributed by atoms with E-state index in [1.807, 2.05) is 0 Å². The number of carbonyl (C=O) groups is 1. The van der Waals surface area contributed by atoms with Gasteiger partial charge in [-0.3, -0.25) is 4.79 Å². The monoisotopic (exact) mass is 262 g/mol. The molecular formula is C11H14N6O2. The molecule has 2 heterocycles. The van der Waals surface area contributed by atoms with Gasteiger partial charge in [-0.2, -0.15) is 15.1 Å². The predicted molar refractivity (Wildman–Crippen MR) is 66.7 cm³/mol. The van der Waals surface area contributed by atoms with Crippen molar-refractivity contribution in [2.45, 2.75) is 20.4 Å². The van der Waals surface area contributed by atoms with Crippen LogP contribution in [-0.2, 0) is 11.3 Å². The van der Waals surface area contributed by atoms with Gasteiger partial charge in [-0.1, -0.05) is 0 Å². The van der Waals surface area contributed by atoms with Crippen LogP contribution in [0.4, 0.5) is 5.69 Å². The molecule has 0 unspecified atom stereocenters. The van der Waals surface area contributed by atoms with Crippen LogP contribution in [0.3, 0.4) is 0 Å². The Kier molecular flexibility index (Phi) is 3.69. The van der Waals surface area contributed by atoms with Crippen molar-refractivity contribution in [2.75, 3.05) is 12.4 Å². The van der Waals surface area contributed by atoms with Crippen molar-refractivity contribution < 1.29 is 9.53 Å². The molecule has 1 amide bonds. The van der Waals surface area contributed by atoms with Gasteiger partial charge in [0.25, 0.3) is 0 Å². The highest BCUT2D eigenvalue weighted by atomic mass is 16.5. The van der Waals surface area contributed by atoms with Crippen molar-refractivity contribution in [1.82, 2.24) is 24.7 Å². The summed E-state index contributed by atoms with van der Waals surface area (Å²) < 4.78 is 6.40. The van der Waals surface area contributed by atoms with E-state index < -0.39 is 0 Å². The molecule has 0 aromatic carbocycles. The zero-order valence-electron chi connectivity index (χ0n) is 10.9. The number of hydrogen-bond acceptors (Lipinski definition) is 6. The summed E-state index contributed by atoms with van der Waals surface area (Å²) in [6.45, 7) is 3.65. The summed E-state index contributed by atoms with van der Waals surface area (Å²) in [6, 6.07) is 0.282. The predicted octanol–water partition coefficient (Wildman–Crippen LogP) is 0.332. The van der Waals surface area contributed by atoms with Crippen LogP contribution >= 0.6 is 0 Å². The lowest BCUT2D eigenvalue weighted by Gasteiger charge is -2.11. The van der Waals surface area contributed by atoms with Gasteiger partial charge in [0.1, 0.15) is 19.2 Å². The first-order chi connectivity index (χ1) is 9.10. The average molecular weight is 262 g/mol. The third-order valence-corrected chi connectivity index (χ3v) is 2.47. The topological polar surface area (TPSA) is 94.8 Å². The van der Waals surface area contributed by atoms with E-state index in [1.54, 1.807) is 13.8 Å². The van der Waals surface area contributed by atoms with Crippen LogP contribution < -0.4 is 10.1 Å². The molecular weight excluding hydrogens is 248 g/mol. The largest absolute Gasteiger partial charge is 0.467 e. The van der Waals surface area contributed by atoms with Crippen LogP contribution in [0.5, 0.6) is 6.01 Å². The molecule has 0 saturated carbocycles. The van der Waals surface area contributed by atoms with Crippen LogP contribution in [-0.4, -0.2) is 37.7 Å². The second-order valence-corrected chi connectivity index (χ2v) is 3.90. The Labute approximate surface area is 109 Å². The summed E-state index contributed by atoms with van der Waals surface area (Å²) >= 11 is 0. The van der Waals surface area contributed by atoms with Crippen molar-refractivity contribution in [3.05, 3.63) is 24.0 Å². The summed E-state index contributed by atoms with van der Waals surface area (Å²) in [7, 11) is 1.50. The molecule has 0 aliphatic heterocycles. The SMILES string of the molecule is COc1nc(C)c(NC(=O)Cn2cncn2)c(C)n1. The fourth-order valence-electron chi connectivity index (χ4n) is 1.60. The molecule has 0 aliphatic carbocycles. The molecule has 8 nitrogen and oxygen atoms in total. The van der Waals surface area contributed by atoms with Gasteiger partial charge < -0.3 is 10.1 Å². The zero-order chi connectivity index (χ0) is 13.8. The van der Waals surface area contributed by atoms with Gasteiger partial charge in [0, 0.05) is 0 Å². The maximum Gasteiger partial charge on any atom is 0.316 e. The van der Waals surface area contributed by atoms with E-state index in [4.69, 9.17) is 4.74 Å². The lowest BCUT2D eigenvalue weighted by Crippen LogP contribution is -2.21. The van der Waals surface area contributed by atoms with Crippen LogP contribution in [0.2, 0.25) is 0 Å². The Balaban J connectivity index is 2.12. The molecule has 0 bridgehead atoms. The molecule has 1 N–H and O–H groups in total. The van der Waals surface area contributed by atoms with Gasteiger partial charge >= 0.3 is 6.01 Å². The summed E-state index contributed by atoms with van der Waals surface area (Å²) in [4.78, 5) is 23.9. The molecule has 0 saturated heterocycles. The van der Waals surface area contributed by atoms with Crippen molar-refractivity contribution in [3.8, 4) is 6.01 Å². The van der Waals surface area contributed by atoms with Crippen molar-refractivity contribution >= 4 is 11.6 Å². The maximum atomic E-state index is 11.9. The van der Waals surface area contributed by atoms with E-state index in [-0.39, 0.29) is 18.5 Å². The summed E-state index contributed by atoms with van der Waals surface area (Å²) in [6.07, 6.45) is 2.85. The number of amides is 1. The molecule has 0 atom stereocenters. The van der Waals surface area contributed by atoms with Gasteiger partial charge in [0.05, 0.1) is 24.2 Å². The van der Waals surface area contributed by atoms with Crippen molar-refractivity contribution in [3.63, 3.8) is 0 Å². The van der Waals surface area contributed by atoms with Crippen LogP contribution in [0, 0.1) is 13.8 Å². The second kappa shape index (κ2) is 5.42. The van der Waals surface area contributed by atoms with Gasteiger partial charge in [-0.25, -0.2) is 9.67 Å². The molecule has 0 fully saturated rings. The summed E-state index contributed by atoms with van der Waals surface area (Å²) in [5.74, 6) is -0.217. The fourth-order valence-corrected chi connectivity index (χ4v) is 1.60. The van der Waals surface area contributed by atoms with E-state index in [9.17, 15) is 4.79 Å². The van der Waals surface area contributed by atoms with Crippen LogP contribution in [0.15, 0.2) is 12.7 Å². The van der Waals surface area contributed by atoms with Gasteiger partial charge in [-0.05, 0) is 13.8 Å². The van der Waals surface area contributed by atoms with E-state index in [2.05, 4.69) is 25.4 Å². The van der Waals surface area contributed by atoms with E-state index >= 15 is 0 Å². The number of aromatic nitrogens is 5. The van der Waals surface area contributed by atoms with Gasteiger partial charge in [-0.15, -0.1) is 0 Å². The highest BCUT2D eigenvalue weighted by molar-refractivity contribution is 5.91. The first-order valence-electron chi connectivity index (χ1n) is 5.61. The molecule has 19 heavy (non-hydrogen) atoms. The summed E-state index contributed by atoms with van der Waals surface area (Å²) in [5.41, 5.74) is 1.89. The van der Waals surface area contributed by atoms with Gasteiger partial charge in [0.15, 0.2) is 0 Å². The molecule has 8 heteroatoms. The Morgan fingerprint density at radius 3 is 2.58 bits per heavy atom. The van der Waals surface area contributed by atoms with Crippen molar-refractivity contribution in [2.24, 2.45) is 0 Å². The van der Waals surface area contributed by atoms with E-state index in [1.165, 1.54) is 24.4 Å². The maximum absolute atomic E-state index is 11.9. The van der Waals surface area contributed by atoms with Crippen molar-refractivity contribution in [1.29, 1.82) is 0 Å². The Hall–Kier alpha value is -2.51. The van der Waals surface area contributed by atoms with E-state index in [0.29, 0.717) is 17.1 Å². The smallest absolute Gasteiger partial charge is 0.316 e. The molecule has 2 aromatic rings. The molecule has 0 aliphatic rings. The van der Waals surface area contributed by atoms with Crippen LogP contribution in [0.1, 0.15) is 11.4 Å². The molecule has 0 spiro atoms. The number of aryl methyl sites for hydroxylation is 2.